The van der Waals surface area contributed by atoms with E-state index in [1.165, 1.54) is 25.2 Å². The molecule has 7 heteroatoms. The molecule has 0 aliphatic heterocycles. The molecule has 0 saturated heterocycles. The van der Waals surface area contributed by atoms with Gasteiger partial charge in [-0.2, -0.15) is 0 Å². The second-order valence-corrected chi connectivity index (χ2v) is 6.23. The van der Waals surface area contributed by atoms with Gasteiger partial charge in [-0.15, -0.1) is 11.3 Å². The Morgan fingerprint density at radius 1 is 1.20 bits per heavy atom. The molecule has 6 nitrogen and oxygen atoms in total. The number of thiophene rings is 1. The number of nitrogens with one attached hydrogen (secondary N) is 1. The first kappa shape index (κ1) is 18.7. The third-order valence-corrected chi connectivity index (χ3v) is 4.33. The van der Waals surface area contributed by atoms with Gasteiger partial charge >= 0.3 is 11.9 Å². The molecular weight excluding hydrogens is 342 g/mol. The smallest absolute Gasteiger partial charge is 0.341 e. The minimum atomic E-state index is -0.963. The summed E-state index contributed by atoms with van der Waals surface area (Å²) in [4.78, 5) is 36.2. The summed E-state index contributed by atoms with van der Waals surface area (Å²) >= 11 is 1.26. The van der Waals surface area contributed by atoms with Crippen LogP contribution in [0.25, 0.3) is 10.4 Å². The topological polar surface area (TPSA) is 81.7 Å². The predicted molar refractivity (Wildman–Crippen MR) is 95.6 cm³/mol. The van der Waals surface area contributed by atoms with Crippen molar-refractivity contribution in [1.29, 1.82) is 0 Å². The van der Waals surface area contributed by atoms with Crippen molar-refractivity contribution >= 4 is 34.2 Å². The fraction of sp³-hybridized carbons (Fsp3) is 0.278. The molecule has 0 radical (unpaired) electrons. The third-order valence-electron chi connectivity index (χ3n) is 3.23. The van der Waals surface area contributed by atoms with Crippen molar-refractivity contribution in [2.24, 2.45) is 0 Å². The molecule has 0 aliphatic rings. The van der Waals surface area contributed by atoms with Gasteiger partial charge in [0.2, 0.25) is 0 Å². The van der Waals surface area contributed by atoms with E-state index in [0.29, 0.717) is 5.00 Å². The monoisotopic (exact) mass is 361 g/mol. The Morgan fingerprint density at radius 2 is 1.88 bits per heavy atom. The minimum absolute atomic E-state index is 0.229. The second kappa shape index (κ2) is 8.43. The van der Waals surface area contributed by atoms with Gasteiger partial charge in [0.05, 0.1) is 12.2 Å². The van der Waals surface area contributed by atoms with Crippen LogP contribution in [0.4, 0.5) is 5.00 Å². The molecule has 1 N–H and O–H groups in total. The molecule has 1 atom stereocenters. The molecule has 132 valence electrons. The zero-order valence-corrected chi connectivity index (χ0v) is 15.0. The van der Waals surface area contributed by atoms with Crippen LogP contribution in [0.15, 0.2) is 36.4 Å². The van der Waals surface area contributed by atoms with Crippen molar-refractivity contribution in [3.8, 4) is 10.4 Å². The highest BCUT2D eigenvalue weighted by Crippen LogP contribution is 2.36. The summed E-state index contributed by atoms with van der Waals surface area (Å²) in [5.41, 5.74) is 1.20. The first-order valence-electron chi connectivity index (χ1n) is 7.76. The largest absolute Gasteiger partial charge is 0.462 e. The third kappa shape index (κ3) is 4.90. The molecule has 0 spiro atoms. The second-order valence-electron chi connectivity index (χ2n) is 5.18. The fourth-order valence-electron chi connectivity index (χ4n) is 2.11. The fourth-order valence-corrected chi connectivity index (χ4v) is 3.16. The molecule has 1 aromatic carbocycles. The molecule has 0 bridgehead atoms. The number of anilines is 1. The van der Waals surface area contributed by atoms with Crippen LogP contribution in [0.5, 0.6) is 0 Å². The maximum absolute atomic E-state index is 12.2. The lowest BCUT2D eigenvalue weighted by atomic mass is 10.1. The number of ether oxygens (including phenoxy) is 2. The summed E-state index contributed by atoms with van der Waals surface area (Å²) in [5.74, 6) is -1.58. The van der Waals surface area contributed by atoms with Crippen LogP contribution in [0.3, 0.4) is 0 Å². The Kier molecular flexibility index (Phi) is 6.30. The molecular formula is C18H19NO5S. The van der Waals surface area contributed by atoms with Crippen LogP contribution in [0.2, 0.25) is 0 Å². The van der Waals surface area contributed by atoms with E-state index >= 15 is 0 Å². The van der Waals surface area contributed by atoms with Crippen molar-refractivity contribution < 1.29 is 23.9 Å². The van der Waals surface area contributed by atoms with Crippen LogP contribution in [-0.2, 0) is 19.1 Å². The minimum Gasteiger partial charge on any atom is -0.462 e. The van der Waals surface area contributed by atoms with Crippen LogP contribution in [0.1, 0.15) is 31.1 Å². The molecule has 0 unspecified atom stereocenters. The quantitative estimate of drug-likeness (QED) is 0.797. The van der Waals surface area contributed by atoms with Gasteiger partial charge in [-0.3, -0.25) is 9.59 Å². The van der Waals surface area contributed by atoms with Gasteiger partial charge in [-0.25, -0.2) is 4.79 Å². The number of rotatable bonds is 6. The lowest BCUT2D eigenvalue weighted by Gasteiger charge is -2.12. The number of carbonyl (C=O) groups is 3. The lowest BCUT2D eigenvalue weighted by Crippen LogP contribution is -2.29. The van der Waals surface area contributed by atoms with Gasteiger partial charge in [0, 0.05) is 11.8 Å². The maximum atomic E-state index is 12.2. The van der Waals surface area contributed by atoms with E-state index < -0.39 is 23.9 Å². The van der Waals surface area contributed by atoms with Gasteiger partial charge in [-0.1, -0.05) is 30.3 Å². The Bertz CT molecular complexity index is 769. The summed E-state index contributed by atoms with van der Waals surface area (Å²) in [6.07, 6.45) is -0.963. The van der Waals surface area contributed by atoms with Crippen LogP contribution < -0.4 is 5.32 Å². The van der Waals surface area contributed by atoms with E-state index in [4.69, 9.17) is 9.47 Å². The molecule has 1 amide bonds. The van der Waals surface area contributed by atoms with Gasteiger partial charge < -0.3 is 14.8 Å². The number of benzene rings is 1. The van der Waals surface area contributed by atoms with Crippen molar-refractivity contribution in [1.82, 2.24) is 0 Å². The normalized spacial score (nSPS) is 11.5. The van der Waals surface area contributed by atoms with Gasteiger partial charge in [0.15, 0.2) is 6.10 Å². The highest BCUT2D eigenvalue weighted by molar-refractivity contribution is 7.20. The average Bonchev–Trinajstić information content (AvgIpc) is 2.99. The van der Waals surface area contributed by atoms with Gasteiger partial charge in [-0.05, 0) is 25.5 Å². The molecule has 2 aromatic rings. The number of esters is 2. The highest BCUT2D eigenvalue weighted by Gasteiger charge is 2.23. The summed E-state index contributed by atoms with van der Waals surface area (Å²) in [5, 5.41) is 3.01. The van der Waals surface area contributed by atoms with E-state index in [1.807, 2.05) is 30.3 Å². The molecule has 0 aliphatic carbocycles. The summed E-state index contributed by atoms with van der Waals surface area (Å²) in [7, 11) is 0. The zero-order chi connectivity index (χ0) is 18.4. The Balaban J connectivity index is 2.31. The highest BCUT2D eigenvalue weighted by atomic mass is 32.1. The molecule has 0 fully saturated rings. The number of carbonyl (C=O) groups excluding carboxylic acids is 3. The van der Waals surface area contributed by atoms with E-state index in [9.17, 15) is 14.4 Å². The van der Waals surface area contributed by atoms with Crippen LogP contribution >= 0.6 is 11.3 Å². The van der Waals surface area contributed by atoms with E-state index in [1.54, 1.807) is 13.0 Å². The first-order valence-corrected chi connectivity index (χ1v) is 8.58. The van der Waals surface area contributed by atoms with E-state index in [2.05, 4.69) is 5.32 Å². The Labute approximate surface area is 149 Å². The summed E-state index contributed by atoms with van der Waals surface area (Å²) in [6.45, 7) is 4.63. The van der Waals surface area contributed by atoms with Crippen molar-refractivity contribution in [2.45, 2.75) is 26.9 Å². The maximum Gasteiger partial charge on any atom is 0.341 e. The predicted octanol–water partition coefficient (Wildman–Crippen LogP) is 3.48. The molecule has 2 rings (SSSR count). The zero-order valence-electron chi connectivity index (χ0n) is 14.2. The molecule has 1 heterocycles. The molecule has 25 heavy (non-hydrogen) atoms. The average molecular weight is 361 g/mol. The van der Waals surface area contributed by atoms with Crippen LogP contribution in [0, 0.1) is 0 Å². The van der Waals surface area contributed by atoms with Gasteiger partial charge in [0.1, 0.15) is 5.00 Å². The lowest BCUT2D eigenvalue weighted by molar-refractivity contribution is -0.150. The van der Waals surface area contributed by atoms with E-state index in [-0.39, 0.29) is 12.2 Å². The molecule has 1 aromatic heterocycles. The summed E-state index contributed by atoms with van der Waals surface area (Å²) < 4.78 is 9.92. The standard InChI is InChI=1S/C18H19NO5S/c1-4-23-18(22)14-10-15(13-8-6-5-7-9-13)25-17(14)19-16(21)11(2)24-12(3)20/h5-11H,4H2,1-3H3,(H,19,21)/t11-/m1/s1. The van der Waals surface area contributed by atoms with Crippen LogP contribution in [-0.4, -0.2) is 30.6 Å². The van der Waals surface area contributed by atoms with Crippen molar-refractivity contribution in [2.75, 3.05) is 11.9 Å². The van der Waals surface area contributed by atoms with Crippen molar-refractivity contribution in [3.05, 3.63) is 42.0 Å². The molecule has 0 saturated carbocycles. The van der Waals surface area contributed by atoms with E-state index in [0.717, 1.165) is 10.4 Å². The SMILES string of the molecule is CCOC(=O)c1cc(-c2ccccc2)sc1NC(=O)[C@@H](C)OC(C)=O. The first-order chi connectivity index (χ1) is 11.9. The van der Waals surface area contributed by atoms with Crippen molar-refractivity contribution in [3.63, 3.8) is 0 Å². The Hall–Kier alpha value is -2.67. The number of amides is 1. The summed E-state index contributed by atoms with van der Waals surface area (Å²) in [6, 6.07) is 11.2. The van der Waals surface area contributed by atoms with Gasteiger partial charge in [0.25, 0.3) is 5.91 Å². The number of hydrogen-bond donors (Lipinski definition) is 1. The number of hydrogen-bond acceptors (Lipinski definition) is 6. The Morgan fingerprint density at radius 3 is 2.48 bits per heavy atom.